The average molecular weight is 682 g/mol. The van der Waals surface area contributed by atoms with Gasteiger partial charge in [0.05, 0.1) is 36.1 Å². The van der Waals surface area contributed by atoms with Gasteiger partial charge >= 0.3 is 5.97 Å². The van der Waals surface area contributed by atoms with Crippen LogP contribution in [0.25, 0.3) is 6.08 Å². The van der Waals surface area contributed by atoms with Crippen LogP contribution in [0.3, 0.4) is 0 Å². The van der Waals surface area contributed by atoms with Crippen LogP contribution >= 0.6 is 27.3 Å². The number of allylic oxidation sites excluding steroid dienone is 1. The highest BCUT2D eigenvalue weighted by Crippen LogP contribution is 2.37. The van der Waals surface area contributed by atoms with Crippen LogP contribution in [0.5, 0.6) is 17.2 Å². The Kier molecular flexibility index (Phi) is 9.36. The van der Waals surface area contributed by atoms with Gasteiger partial charge in [-0.25, -0.2) is 14.2 Å². The zero-order valence-electron chi connectivity index (χ0n) is 24.7. The molecule has 0 unspecified atom stereocenters. The largest absolute Gasteiger partial charge is 0.496 e. The lowest BCUT2D eigenvalue weighted by Gasteiger charge is -2.26. The molecule has 0 saturated carbocycles. The highest BCUT2D eigenvalue weighted by Gasteiger charge is 2.35. The monoisotopic (exact) mass is 680 g/mol. The van der Waals surface area contributed by atoms with Gasteiger partial charge in [-0.15, -0.1) is 0 Å². The van der Waals surface area contributed by atoms with Gasteiger partial charge in [-0.2, -0.15) is 0 Å². The number of aromatic nitrogens is 1. The fourth-order valence-electron chi connectivity index (χ4n) is 4.89. The molecule has 228 valence electrons. The van der Waals surface area contributed by atoms with Crippen molar-refractivity contribution < 1.29 is 28.1 Å². The van der Waals surface area contributed by atoms with Crippen LogP contribution in [0, 0.1) is 5.82 Å². The third-order valence-electron chi connectivity index (χ3n) is 6.90. The van der Waals surface area contributed by atoms with Crippen LogP contribution in [-0.4, -0.2) is 30.9 Å². The molecular formula is C33H30BrFN2O6S. The molecule has 44 heavy (non-hydrogen) atoms. The third kappa shape index (κ3) is 6.34. The van der Waals surface area contributed by atoms with Crippen molar-refractivity contribution in [1.82, 2.24) is 4.57 Å². The Bertz CT molecular complexity index is 1950. The maximum atomic E-state index is 14.1. The molecule has 0 saturated heterocycles. The number of carbonyl (C=O) groups is 1. The molecule has 2 heterocycles. The summed E-state index contributed by atoms with van der Waals surface area (Å²) in [6.45, 7) is 5.29. The number of methoxy groups -OCH3 is 2. The predicted octanol–water partition coefficient (Wildman–Crippen LogP) is 5.68. The number of rotatable bonds is 9. The van der Waals surface area contributed by atoms with E-state index in [0.717, 1.165) is 4.47 Å². The number of benzene rings is 3. The van der Waals surface area contributed by atoms with Crippen molar-refractivity contribution in [2.45, 2.75) is 39.5 Å². The Hall–Kier alpha value is -4.22. The first-order chi connectivity index (χ1) is 21.1. The third-order valence-corrected chi connectivity index (χ3v) is 8.37. The Morgan fingerprint density at radius 1 is 1.07 bits per heavy atom. The van der Waals surface area contributed by atoms with Crippen molar-refractivity contribution in [2.24, 2.45) is 4.99 Å². The van der Waals surface area contributed by atoms with Crippen molar-refractivity contribution in [3.63, 3.8) is 0 Å². The molecule has 1 aromatic heterocycles. The first-order valence-corrected chi connectivity index (χ1v) is 15.3. The van der Waals surface area contributed by atoms with E-state index in [2.05, 4.69) is 20.9 Å². The number of carbonyl (C=O) groups excluding carboxylic acids is 1. The molecule has 1 atom stereocenters. The molecule has 1 aliphatic heterocycles. The topological polar surface area (TPSA) is 88.4 Å². The second-order valence-electron chi connectivity index (χ2n) is 10.2. The lowest BCUT2D eigenvalue weighted by Crippen LogP contribution is -2.40. The quantitative estimate of drug-likeness (QED) is 0.211. The Balaban J connectivity index is 1.59. The zero-order chi connectivity index (χ0) is 31.5. The SMILES string of the molecule is COc1cc(/C=c2\sc3n(c2=O)[C@H](c2cc(Br)ccc2OC)C(C(=O)OC(C)C)=C(C)N=3)ccc1OCc1ccccc1F. The van der Waals surface area contributed by atoms with Crippen molar-refractivity contribution in [2.75, 3.05) is 14.2 Å². The molecule has 0 fully saturated rings. The van der Waals surface area contributed by atoms with Crippen LogP contribution in [0.4, 0.5) is 4.39 Å². The molecule has 3 aromatic carbocycles. The van der Waals surface area contributed by atoms with Gasteiger partial charge in [0.25, 0.3) is 5.56 Å². The number of fused-ring (bicyclic) bond motifs is 1. The summed E-state index contributed by atoms with van der Waals surface area (Å²) in [6.07, 6.45) is 1.36. The van der Waals surface area contributed by atoms with Gasteiger partial charge in [0.2, 0.25) is 0 Å². The number of hydrogen-bond acceptors (Lipinski definition) is 8. The fourth-order valence-corrected chi connectivity index (χ4v) is 6.31. The minimum atomic E-state index is -0.837. The molecule has 5 rings (SSSR count). The van der Waals surface area contributed by atoms with Gasteiger partial charge in [0, 0.05) is 15.6 Å². The molecule has 0 N–H and O–H groups in total. The first kappa shape index (κ1) is 31.2. The smallest absolute Gasteiger partial charge is 0.338 e. The Morgan fingerprint density at radius 3 is 2.50 bits per heavy atom. The van der Waals surface area contributed by atoms with E-state index in [1.807, 2.05) is 12.1 Å². The first-order valence-electron chi connectivity index (χ1n) is 13.7. The highest BCUT2D eigenvalue weighted by molar-refractivity contribution is 9.10. The van der Waals surface area contributed by atoms with Crippen molar-refractivity contribution in [3.8, 4) is 17.2 Å². The van der Waals surface area contributed by atoms with Gasteiger partial charge in [-0.1, -0.05) is 51.5 Å². The fraction of sp³-hybridized carbons (Fsp3) is 0.242. The Morgan fingerprint density at radius 2 is 1.80 bits per heavy atom. The van der Waals surface area contributed by atoms with Crippen molar-refractivity contribution in [3.05, 3.63) is 119 Å². The number of thiazole rings is 1. The van der Waals surface area contributed by atoms with E-state index in [1.54, 1.807) is 69.3 Å². The van der Waals surface area contributed by atoms with Crippen LogP contribution < -0.4 is 29.1 Å². The molecule has 8 nitrogen and oxygen atoms in total. The van der Waals surface area contributed by atoms with Crippen LogP contribution in [-0.2, 0) is 16.1 Å². The van der Waals surface area contributed by atoms with Gasteiger partial charge in [0.1, 0.15) is 24.2 Å². The van der Waals surface area contributed by atoms with E-state index in [0.29, 0.717) is 49.0 Å². The zero-order valence-corrected chi connectivity index (χ0v) is 27.1. The normalized spacial score (nSPS) is 14.7. The van der Waals surface area contributed by atoms with Crippen LogP contribution in [0.1, 0.15) is 43.5 Å². The average Bonchev–Trinajstić information content (AvgIpc) is 3.29. The van der Waals surface area contributed by atoms with Gasteiger partial charge in [-0.05, 0) is 68.8 Å². The molecule has 0 amide bonds. The molecule has 11 heteroatoms. The maximum Gasteiger partial charge on any atom is 0.338 e. The van der Waals surface area contributed by atoms with Crippen LogP contribution in [0.15, 0.2) is 86.2 Å². The summed E-state index contributed by atoms with van der Waals surface area (Å²) in [5, 5.41) is 0. The minimum absolute atomic E-state index is 0.0287. The van der Waals surface area contributed by atoms with Crippen molar-refractivity contribution >= 4 is 39.3 Å². The lowest BCUT2D eigenvalue weighted by atomic mass is 9.95. The van der Waals surface area contributed by atoms with E-state index in [-0.39, 0.29) is 29.7 Å². The van der Waals surface area contributed by atoms with E-state index in [1.165, 1.54) is 36.2 Å². The number of hydrogen-bond donors (Lipinski definition) is 0. The summed E-state index contributed by atoms with van der Waals surface area (Å²) >= 11 is 4.72. The molecule has 0 spiro atoms. The number of nitrogens with zero attached hydrogens (tertiary/aromatic N) is 2. The molecule has 4 aromatic rings. The van der Waals surface area contributed by atoms with Gasteiger partial charge in [0.15, 0.2) is 16.3 Å². The van der Waals surface area contributed by atoms with Gasteiger partial charge < -0.3 is 18.9 Å². The van der Waals surface area contributed by atoms with Crippen molar-refractivity contribution in [1.29, 1.82) is 0 Å². The summed E-state index contributed by atoms with van der Waals surface area (Å²) in [5.74, 6) is 0.452. The lowest BCUT2D eigenvalue weighted by molar-refractivity contribution is -0.143. The molecule has 0 aliphatic carbocycles. The van der Waals surface area contributed by atoms with E-state index >= 15 is 0 Å². The number of esters is 1. The second-order valence-corrected chi connectivity index (χ2v) is 12.1. The molecule has 0 radical (unpaired) electrons. The highest BCUT2D eigenvalue weighted by atomic mass is 79.9. The molecular weight excluding hydrogens is 651 g/mol. The standard InChI is InChI=1S/C33H30BrFN2O6S/c1-18(2)43-32(39)29-19(3)36-33-37(30(29)23-16-22(34)11-13-25(23)40-4)31(38)28(44-33)15-20-10-12-26(27(14-20)41-5)42-17-21-8-6-7-9-24(21)35/h6-16,18,30H,17H2,1-5H3/b28-15-/t30-/m1/s1. The van der Waals surface area contributed by atoms with Crippen LogP contribution in [0.2, 0.25) is 0 Å². The van der Waals surface area contributed by atoms with E-state index in [9.17, 15) is 14.0 Å². The summed E-state index contributed by atoms with van der Waals surface area (Å²) < 4.78 is 39.3. The summed E-state index contributed by atoms with van der Waals surface area (Å²) in [5.41, 5.74) is 2.08. The Labute approximate surface area is 265 Å². The van der Waals surface area contributed by atoms with E-state index in [4.69, 9.17) is 18.9 Å². The summed E-state index contributed by atoms with van der Waals surface area (Å²) in [7, 11) is 3.05. The summed E-state index contributed by atoms with van der Waals surface area (Å²) in [4.78, 5) is 32.6. The van der Waals surface area contributed by atoms with Gasteiger partial charge in [-0.3, -0.25) is 9.36 Å². The number of ether oxygens (including phenoxy) is 4. The predicted molar refractivity (Wildman–Crippen MR) is 169 cm³/mol. The van der Waals surface area contributed by atoms with E-state index < -0.39 is 12.0 Å². The molecule has 0 bridgehead atoms. The molecule has 1 aliphatic rings. The second kappa shape index (κ2) is 13.2. The number of halogens is 2. The minimum Gasteiger partial charge on any atom is -0.496 e. The summed E-state index contributed by atoms with van der Waals surface area (Å²) in [6, 6.07) is 16.2. The maximum absolute atomic E-state index is 14.1.